The number of benzene rings is 2. The summed E-state index contributed by atoms with van der Waals surface area (Å²) < 4.78 is 5.28. The van der Waals surface area contributed by atoms with E-state index in [-0.39, 0.29) is 12.4 Å². The normalized spacial score (nSPS) is 12.1. The summed E-state index contributed by atoms with van der Waals surface area (Å²) >= 11 is 0. The molecular weight excluding hydrogens is 306 g/mol. The maximum atomic E-state index is 12.6. The number of ether oxygens (including phenoxy) is 1. The van der Waals surface area contributed by atoms with Gasteiger partial charge in [-0.25, -0.2) is 4.79 Å². The van der Waals surface area contributed by atoms with E-state index in [0.717, 1.165) is 10.9 Å². The fourth-order valence-electron chi connectivity index (χ4n) is 2.52. The number of carbonyl (C=O) groups is 2. The lowest BCUT2D eigenvalue weighted by molar-refractivity contribution is 0.0319. The maximum Gasteiger partial charge on any atom is 0.338 e. The molecule has 0 fully saturated rings. The largest absolute Gasteiger partial charge is 0.451 e. The molecule has 0 saturated heterocycles. The van der Waals surface area contributed by atoms with Crippen LogP contribution in [0, 0.1) is 0 Å². The number of ketones is 1. The molecule has 1 heterocycles. The van der Waals surface area contributed by atoms with Crippen molar-refractivity contribution in [1.29, 1.82) is 0 Å². The lowest BCUT2D eigenvalue weighted by Gasteiger charge is -2.12. The number of aliphatic hydroxyl groups is 1. The van der Waals surface area contributed by atoms with Gasteiger partial charge in [0.25, 0.3) is 0 Å². The topological polar surface area (TPSA) is 79.4 Å². The van der Waals surface area contributed by atoms with E-state index in [1.165, 1.54) is 0 Å². The number of aromatic nitrogens is 1. The van der Waals surface area contributed by atoms with Crippen molar-refractivity contribution in [1.82, 2.24) is 4.98 Å². The van der Waals surface area contributed by atoms with Gasteiger partial charge in [-0.05, 0) is 30.7 Å². The lowest BCUT2D eigenvalue weighted by atomic mass is 10.1. The number of rotatable bonds is 5. The number of fused-ring (bicyclic) bond motifs is 1. The van der Waals surface area contributed by atoms with Gasteiger partial charge in [0.05, 0.1) is 12.2 Å². The van der Waals surface area contributed by atoms with E-state index in [1.54, 1.807) is 37.4 Å². The van der Waals surface area contributed by atoms with E-state index in [4.69, 9.17) is 9.84 Å². The maximum absolute atomic E-state index is 12.6. The number of esters is 1. The first-order valence-corrected chi connectivity index (χ1v) is 7.61. The summed E-state index contributed by atoms with van der Waals surface area (Å²) in [6.45, 7) is 1.47. The molecule has 0 bridgehead atoms. The Morgan fingerprint density at radius 1 is 1.12 bits per heavy atom. The monoisotopic (exact) mass is 323 g/mol. The highest BCUT2D eigenvalue weighted by Gasteiger charge is 2.22. The molecule has 0 aliphatic rings. The highest BCUT2D eigenvalue weighted by molar-refractivity contribution is 6.10. The van der Waals surface area contributed by atoms with Gasteiger partial charge in [0.2, 0.25) is 5.78 Å². The van der Waals surface area contributed by atoms with Crippen molar-refractivity contribution < 1.29 is 19.4 Å². The van der Waals surface area contributed by atoms with Gasteiger partial charge in [-0.3, -0.25) is 4.79 Å². The highest BCUT2D eigenvalue weighted by atomic mass is 16.5. The number of H-pyrrole nitrogens is 1. The number of nitrogens with one attached hydrogen (secondary N) is 1. The molecule has 5 nitrogen and oxygen atoms in total. The van der Waals surface area contributed by atoms with Crippen LogP contribution in [0.1, 0.15) is 33.2 Å². The van der Waals surface area contributed by atoms with Crippen molar-refractivity contribution >= 4 is 22.7 Å². The molecular formula is C19H17NO4. The summed E-state index contributed by atoms with van der Waals surface area (Å²) in [6.07, 6.45) is 0.738. The third kappa shape index (κ3) is 3.07. The Labute approximate surface area is 138 Å². The lowest BCUT2D eigenvalue weighted by Crippen LogP contribution is -2.24. The van der Waals surface area contributed by atoms with Crippen molar-refractivity contribution in [2.75, 3.05) is 0 Å². The molecule has 1 aromatic heterocycles. The molecule has 0 spiro atoms. The summed E-state index contributed by atoms with van der Waals surface area (Å²) in [5.41, 5.74) is 2.40. The van der Waals surface area contributed by atoms with Gasteiger partial charge in [-0.15, -0.1) is 0 Å². The first-order chi connectivity index (χ1) is 11.6. The second-order valence-corrected chi connectivity index (χ2v) is 5.51. The Kier molecular flexibility index (Phi) is 4.44. The standard InChI is InChI=1S/C19H17NO4/c1-12(24-19(23)14-8-6-13(11-21)7-9-14)18(22)16-10-20-17-5-3-2-4-15(16)17/h2-10,12,20-21H,11H2,1H3/t12-/m0/s1. The van der Waals surface area contributed by atoms with Gasteiger partial charge in [-0.2, -0.15) is 0 Å². The van der Waals surface area contributed by atoms with Crippen LogP contribution in [-0.2, 0) is 11.3 Å². The van der Waals surface area contributed by atoms with E-state index in [0.29, 0.717) is 16.7 Å². The molecule has 2 aromatic carbocycles. The first-order valence-electron chi connectivity index (χ1n) is 7.61. The summed E-state index contributed by atoms with van der Waals surface area (Å²) in [7, 11) is 0. The second-order valence-electron chi connectivity index (χ2n) is 5.51. The number of hydrogen-bond acceptors (Lipinski definition) is 4. The Balaban J connectivity index is 1.74. The first kappa shape index (κ1) is 16.0. The SMILES string of the molecule is C[C@H](OC(=O)c1ccc(CO)cc1)C(=O)c1c[nH]c2ccccc12. The Bertz CT molecular complexity index is 880. The minimum absolute atomic E-state index is 0.0925. The Morgan fingerprint density at radius 2 is 1.83 bits per heavy atom. The van der Waals surface area contributed by atoms with Gasteiger partial charge in [0, 0.05) is 22.7 Å². The van der Waals surface area contributed by atoms with Crippen molar-refractivity contribution in [3.8, 4) is 0 Å². The highest BCUT2D eigenvalue weighted by Crippen LogP contribution is 2.20. The molecule has 0 amide bonds. The van der Waals surface area contributed by atoms with Crippen molar-refractivity contribution in [3.63, 3.8) is 0 Å². The number of aliphatic hydroxyl groups excluding tert-OH is 1. The Morgan fingerprint density at radius 3 is 2.54 bits per heavy atom. The molecule has 24 heavy (non-hydrogen) atoms. The van der Waals surface area contributed by atoms with Gasteiger partial charge in [0.1, 0.15) is 0 Å². The van der Waals surface area contributed by atoms with Crippen LogP contribution < -0.4 is 0 Å². The molecule has 3 aromatic rings. The number of aromatic amines is 1. The van der Waals surface area contributed by atoms with Crippen LogP contribution in [0.3, 0.4) is 0 Å². The fraction of sp³-hybridized carbons (Fsp3) is 0.158. The van der Waals surface area contributed by atoms with E-state index < -0.39 is 12.1 Å². The second kappa shape index (κ2) is 6.68. The predicted molar refractivity (Wildman–Crippen MR) is 89.9 cm³/mol. The number of para-hydroxylation sites is 1. The summed E-state index contributed by atoms with van der Waals surface area (Å²) in [4.78, 5) is 27.7. The van der Waals surface area contributed by atoms with E-state index in [9.17, 15) is 9.59 Å². The van der Waals surface area contributed by atoms with Crippen LogP contribution in [0.15, 0.2) is 54.7 Å². The minimum Gasteiger partial charge on any atom is -0.451 e. The molecule has 0 unspecified atom stereocenters. The smallest absolute Gasteiger partial charge is 0.338 e. The molecule has 0 radical (unpaired) electrons. The number of hydrogen-bond donors (Lipinski definition) is 2. The molecule has 0 saturated carbocycles. The Hall–Kier alpha value is -2.92. The zero-order valence-corrected chi connectivity index (χ0v) is 13.2. The van der Waals surface area contributed by atoms with Crippen molar-refractivity contribution in [3.05, 3.63) is 71.4 Å². The summed E-state index contributed by atoms with van der Waals surface area (Å²) in [5.74, 6) is -0.826. The van der Waals surface area contributed by atoms with Gasteiger partial charge < -0.3 is 14.8 Å². The van der Waals surface area contributed by atoms with Gasteiger partial charge in [0.15, 0.2) is 6.10 Å². The number of carbonyl (C=O) groups excluding carboxylic acids is 2. The van der Waals surface area contributed by atoms with E-state index in [2.05, 4.69) is 4.98 Å². The predicted octanol–water partition coefficient (Wildman–Crippen LogP) is 3.09. The van der Waals surface area contributed by atoms with Crippen molar-refractivity contribution in [2.24, 2.45) is 0 Å². The average Bonchev–Trinajstić information content (AvgIpc) is 3.05. The van der Waals surface area contributed by atoms with Crippen LogP contribution >= 0.6 is 0 Å². The van der Waals surface area contributed by atoms with Crippen LogP contribution in [0.5, 0.6) is 0 Å². The third-order valence-electron chi connectivity index (χ3n) is 3.88. The molecule has 122 valence electrons. The van der Waals surface area contributed by atoms with E-state index >= 15 is 0 Å². The molecule has 3 rings (SSSR count). The third-order valence-corrected chi connectivity index (χ3v) is 3.88. The average molecular weight is 323 g/mol. The zero-order chi connectivity index (χ0) is 17.1. The molecule has 0 aliphatic heterocycles. The van der Waals surface area contributed by atoms with E-state index in [1.807, 2.05) is 24.3 Å². The molecule has 2 N–H and O–H groups in total. The molecule has 5 heteroatoms. The summed E-state index contributed by atoms with van der Waals surface area (Å²) in [5, 5.41) is 9.82. The minimum atomic E-state index is -0.894. The molecule has 0 aliphatic carbocycles. The van der Waals surface area contributed by atoms with Crippen molar-refractivity contribution in [2.45, 2.75) is 19.6 Å². The zero-order valence-electron chi connectivity index (χ0n) is 13.2. The van der Waals surface area contributed by atoms with Crippen LogP contribution in [-0.4, -0.2) is 27.9 Å². The van der Waals surface area contributed by atoms with Crippen LogP contribution in [0.4, 0.5) is 0 Å². The summed E-state index contributed by atoms with van der Waals surface area (Å²) in [6, 6.07) is 13.9. The van der Waals surface area contributed by atoms with Gasteiger partial charge in [-0.1, -0.05) is 30.3 Å². The van der Waals surface area contributed by atoms with Crippen LogP contribution in [0.25, 0.3) is 10.9 Å². The quantitative estimate of drug-likeness (QED) is 0.558. The number of Topliss-reactive ketones (excluding diaryl/α,β-unsaturated/α-hetero) is 1. The molecule has 1 atom stereocenters. The fourth-order valence-corrected chi connectivity index (χ4v) is 2.52. The van der Waals surface area contributed by atoms with Crippen LogP contribution in [0.2, 0.25) is 0 Å². The van der Waals surface area contributed by atoms with Gasteiger partial charge >= 0.3 is 5.97 Å².